The van der Waals surface area contributed by atoms with Gasteiger partial charge in [0, 0.05) is 13.3 Å². The lowest BCUT2D eigenvalue weighted by molar-refractivity contribution is -0.305. The van der Waals surface area contributed by atoms with Gasteiger partial charge in [-0.1, -0.05) is 0 Å². The van der Waals surface area contributed by atoms with Crippen LogP contribution in [0, 0.1) is 0 Å². The van der Waals surface area contributed by atoms with Crippen LogP contribution in [-0.4, -0.2) is 48.9 Å². The molecule has 0 aliphatic heterocycles. The van der Waals surface area contributed by atoms with Crippen molar-refractivity contribution in [2.45, 2.75) is 11.5 Å². The molecule has 106 valence electrons. The number of thioether (sulfide) groups is 1. The molecule has 9 heteroatoms. The van der Waals surface area contributed by atoms with Gasteiger partial charge in [-0.15, -0.1) is 11.8 Å². The van der Waals surface area contributed by atoms with Crippen molar-refractivity contribution in [2.24, 2.45) is 0 Å². The van der Waals surface area contributed by atoms with Crippen LogP contribution in [0.5, 0.6) is 5.88 Å². The van der Waals surface area contributed by atoms with Crippen LogP contribution in [0.1, 0.15) is 5.82 Å². The van der Waals surface area contributed by atoms with Gasteiger partial charge in [0.15, 0.2) is 5.82 Å². The summed E-state index contributed by atoms with van der Waals surface area (Å²) in [6, 6.07) is 0. The number of carbonyl (C=O) groups excluding carboxylic acids is 1. The summed E-state index contributed by atoms with van der Waals surface area (Å²) in [4.78, 5) is 29.7. The Morgan fingerprint density at radius 3 is 2.58 bits per heavy atom. The van der Waals surface area contributed by atoms with E-state index in [1.165, 1.54) is 33.1 Å². The van der Waals surface area contributed by atoms with E-state index in [0.717, 1.165) is 0 Å². The molecular formula is C10H15N3O5S. The summed E-state index contributed by atoms with van der Waals surface area (Å²) in [7, 11) is 4.07. The number of hydroxylamine groups is 2. The van der Waals surface area contributed by atoms with E-state index in [1.54, 1.807) is 6.20 Å². The van der Waals surface area contributed by atoms with E-state index in [2.05, 4.69) is 19.6 Å². The molecular weight excluding hydrogens is 274 g/mol. The maximum Gasteiger partial charge on any atom is 0.466 e. The monoisotopic (exact) mass is 289 g/mol. The zero-order chi connectivity index (χ0) is 14.3. The molecule has 0 bridgehead atoms. The highest BCUT2D eigenvalue weighted by molar-refractivity contribution is 7.98. The first-order valence-electron chi connectivity index (χ1n) is 5.15. The highest BCUT2D eigenvalue weighted by Gasteiger charge is 2.19. The lowest BCUT2D eigenvalue weighted by atomic mass is 10.5. The summed E-state index contributed by atoms with van der Waals surface area (Å²) < 4.78 is 10.00. The maximum atomic E-state index is 11.7. The Labute approximate surface area is 114 Å². The van der Waals surface area contributed by atoms with Gasteiger partial charge in [-0.05, 0) is 11.5 Å². The summed E-state index contributed by atoms with van der Waals surface area (Å²) in [6.07, 6.45) is 2.53. The number of methoxy groups -OCH3 is 1. The Hall–Kier alpha value is -1.42. The summed E-state index contributed by atoms with van der Waals surface area (Å²) in [5.41, 5.74) is 0. The molecule has 0 N–H and O–H groups in total. The molecule has 8 nitrogen and oxygen atoms in total. The Morgan fingerprint density at radius 2 is 2.05 bits per heavy atom. The molecule has 0 saturated heterocycles. The van der Waals surface area contributed by atoms with Crippen LogP contribution in [0.4, 0.5) is 4.79 Å². The molecule has 1 aromatic heterocycles. The summed E-state index contributed by atoms with van der Waals surface area (Å²) >= 11 is 1.35. The van der Waals surface area contributed by atoms with Gasteiger partial charge in [0.05, 0.1) is 19.1 Å². The second kappa shape index (κ2) is 7.89. The fraction of sp³-hybridized carbons (Fsp3) is 0.500. The second-order valence-corrected chi connectivity index (χ2v) is 3.93. The fourth-order valence-electron chi connectivity index (χ4n) is 1.14. The minimum Gasteiger partial charge on any atom is -0.387 e. The third-order valence-electron chi connectivity index (χ3n) is 1.93. The number of amides is 1. The first-order chi connectivity index (χ1) is 9.15. The molecule has 0 aromatic carbocycles. The SMILES string of the molecule is COCc1ncc(SC)c(OC(=O)N(OC)OC)n1. The van der Waals surface area contributed by atoms with E-state index in [-0.39, 0.29) is 12.5 Å². The molecule has 1 rings (SSSR count). The Bertz CT molecular complexity index is 428. The molecule has 0 spiro atoms. The quantitative estimate of drug-likeness (QED) is 0.572. The molecule has 0 atom stereocenters. The normalized spacial score (nSPS) is 10.3. The second-order valence-electron chi connectivity index (χ2n) is 3.08. The van der Waals surface area contributed by atoms with E-state index in [0.29, 0.717) is 15.9 Å². The van der Waals surface area contributed by atoms with Gasteiger partial charge in [0.25, 0.3) is 0 Å². The third-order valence-corrected chi connectivity index (χ3v) is 2.65. The summed E-state index contributed by atoms with van der Waals surface area (Å²) in [5, 5.41) is 0.586. The molecule has 0 fully saturated rings. The van der Waals surface area contributed by atoms with Crippen LogP contribution in [-0.2, 0) is 21.0 Å². The Morgan fingerprint density at radius 1 is 1.37 bits per heavy atom. The van der Waals surface area contributed by atoms with Crippen LogP contribution in [0.15, 0.2) is 11.1 Å². The van der Waals surface area contributed by atoms with Gasteiger partial charge in [-0.2, -0.15) is 4.98 Å². The topological polar surface area (TPSA) is 83.0 Å². The van der Waals surface area contributed by atoms with E-state index < -0.39 is 6.09 Å². The van der Waals surface area contributed by atoms with Gasteiger partial charge in [0.2, 0.25) is 5.88 Å². The first kappa shape index (κ1) is 15.6. The number of nitrogens with zero attached hydrogens (tertiary/aromatic N) is 3. The third kappa shape index (κ3) is 4.31. The van der Waals surface area contributed by atoms with E-state index in [9.17, 15) is 4.79 Å². The molecule has 0 saturated carbocycles. The minimum absolute atomic E-state index is 0.124. The zero-order valence-corrected chi connectivity index (χ0v) is 11.9. The first-order valence-corrected chi connectivity index (χ1v) is 6.37. The molecule has 19 heavy (non-hydrogen) atoms. The number of rotatable bonds is 6. The summed E-state index contributed by atoms with van der Waals surface area (Å²) in [6.45, 7) is 0.220. The number of hydrogen-bond donors (Lipinski definition) is 0. The largest absolute Gasteiger partial charge is 0.466 e. The van der Waals surface area contributed by atoms with Crippen LogP contribution in [0.2, 0.25) is 0 Å². The van der Waals surface area contributed by atoms with Crippen LogP contribution >= 0.6 is 11.8 Å². The molecule has 0 radical (unpaired) electrons. The van der Waals surface area contributed by atoms with E-state index in [4.69, 9.17) is 9.47 Å². The average molecular weight is 289 g/mol. The standard InChI is InChI=1S/C10H15N3O5S/c1-15-6-8-11-5-7(19-4)9(12-8)18-10(14)13(16-2)17-3/h5H,6H2,1-4H3. The van der Waals surface area contributed by atoms with Gasteiger partial charge >= 0.3 is 6.09 Å². The molecule has 0 unspecified atom stereocenters. The van der Waals surface area contributed by atoms with Crippen molar-refractivity contribution >= 4 is 17.9 Å². The van der Waals surface area contributed by atoms with Crippen molar-refractivity contribution in [3.63, 3.8) is 0 Å². The van der Waals surface area contributed by atoms with Crippen LogP contribution in [0.25, 0.3) is 0 Å². The summed E-state index contributed by atoms with van der Waals surface area (Å²) in [5.74, 6) is 0.531. The van der Waals surface area contributed by atoms with Crippen molar-refractivity contribution in [2.75, 3.05) is 27.6 Å². The Balaban J connectivity index is 2.90. The number of carbonyl (C=O) groups is 1. The number of hydrogen-bond acceptors (Lipinski definition) is 8. The van der Waals surface area contributed by atoms with E-state index >= 15 is 0 Å². The predicted octanol–water partition coefficient (Wildman–Crippen LogP) is 1.27. The van der Waals surface area contributed by atoms with Crippen LogP contribution < -0.4 is 4.74 Å². The van der Waals surface area contributed by atoms with Crippen molar-refractivity contribution in [1.29, 1.82) is 0 Å². The number of ether oxygens (including phenoxy) is 2. The zero-order valence-electron chi connectivity index (χ0n) is 11.1. The lowest BCUT2D eigenvalue weighted by Crippen LogP contribution is -2.32. The number of aromatic nitrogens is 2. The average Bonchev–Trinajstić information content (AvgIpc) is 2.41. The van der Waals surface area contributed by atoms with Gasteiger partial charge in [0.1, 0.15) is 6.61 Å². The van der Waals surface area contributed by atoms with Crippen molar-refractivity contribution in [3.05, 3.63) is 12.0 Å². The highest BCUT2D eigenvalue weighted by atomic mass is 32.2. The van der Waals surface area contributed by atoms with Gasteiger partial charge < -0.3 is 9.47 Å². The lowest BCUT2D eigenvalue weighted by Gasteiger charge is -2.15. The molecule has 1 heterocycles. The van der Waals surface area contributed by atoms with Crippen molar-refractivity contribution in [1.82, 2.24) is 15.2 Å². The molecule has 0 aliphatic rings. The van der Waals surface area contributed by atoms with Crippen LogP contribution in [0.3, 0.4) is 0 Å². The van der Waals surface area contributed by atoms with Crippen molar-refractivity contribution < 1.29 is 23.9 Å². The minimum atomic E-state index is -0.845. The van der Waals surface area contributed by atoms with Gasteiger partial charge in [-0.3, -0.25) is 0 Å². The maximum absolute atomic E-state index is 11.7. The smallest absolute Gasteiger partial charge is 0.387 e. The molecule has 1 amide bonds. The fourth-order valence-corrected chi connectivity index (χ4v) is 1.56. The molecule has 1 aromatic rings. The highest BCUT2D eigenvalue weighted by Crippen LogP contribution is 2.25. The molecule has 0 aliphatic carbocycles. The Kier molecular flexibility index (Phi) is 6.50. The predicted molar refractivity (Wildman–Crippen MR) is 66.4 cm³/mol. The van der Waals surface area contributed by atoms with Gasteiger partial charge in [-0.25, -0.2) is 19.5 Å². The van der Waals surface area contributed by atoms with Crippen molar-refractivity contribution in [3.8, 4) is 5.88 Å². The van der Waals surface area contributed by atoms with E-state index in [1.807, 2.05) is 6.26 Å².